The molecule has 0 aliphatic rings. The summed E-state index contributed by atoms with van der Waals surface area (Å²) in [5.41, 5.74) is 7.35. The third kappa shape index (κ3) is 3.66. The standard InChI is InChI=1S/C11H17N3/c1-11(2,3)14-13-10-6-4-9(8-12)5-7-10/h4-7H,8,12H2,1-3H3. The lowest BCUT2D eigenvalue weighted by molar-refractivity contribution is 0.552. The first-order valence-electron chi connectivity index (χ1n) is 4.73. The van der Waals surface area contributed by atoms with Crippen LogP contribution in [0.25, 0.3) is 0 Å². The zero-order valence-corrected chi connectivity index (χ0v) is 8.99. The van der Waals surface area contributed by atoms with E-state index in [4.69, 9.17) is 5.73 Å². The van der Waals surface area contributed by atoms with E-state index in [1.807, 2.05) is 45.0 Å². The average molecular weight is 191 g/mol. The monoisotopic (exact) mass is 191 g/mol. The van der Waals surface area contributed by atoms with Gasteiger partial charge in [0.15, 0.2) is 0 Å². The molecule has 3 heteroatoms. The molecule has 14 heavy (non-hydrogen) atoms. The Balaban J connectivity index is 2.74. The van der Waals surface area contributed by atoms with Crippen LogP contribution in [0.15, 0.2) is 34.5 Å². The molecule has 0 aromatic heterocycles. The second kappa shape index (κ2) is 4.33. The molecule has 1 aromatic rings. The Morgan fingerprint density at radius 3 is 2.14 bits per heavy atom. The van der Waals surface area contributed by atoms with Gasteiger partial charge in [0.25, 0.3) is 0 Å². The van der Waals surface area contributed by atoms with E-state index in [2.05, 4.69) is 10.2 Å². The summed E-state index contributed by atoms with van der Waals surface area (Å²) in [6.45, 7) is 6.62. The van der Waals surface area contributed by atoms with Crippen LogP contribution in [-0.4, -0.2) is 5.54 Å². The van der Waals surface area contributed by atoms with Gasteiger partial charge in [0.1, 0.15) is 0 Å². The van der Waals surface area contributed by atoms with Crippen molar-refractivity contribution in [1.82, 2.24) is 0 Å². The largest absolute Gasteiger partial charge is 0.326 e. The van der Waals surface area contributed by atoms with Crippen LogP contribution in [0.4, 0.5) is 5.69 Å². The van der Waals surface area contributed by atoms with Crippen LogP contribution in [0.1, 0.15) is 26.3 Å². The zero-order valence-electron chi connectivity index (χ0n) is 8.99. The van der Waals surface area contributed by atoms with Gasteiger partial charge in [-0.1, -0.05) is 12.1 Å². The van der Waals surface area contributed by atoms with E-state index in [0.29, 0.717) is 6.54 Å². The molecule has 0 saturated carbocycles. The van der Waals surface area contributed by atoms with Crippen molar-refractivity contribution in [2.24, 2.45) is 16.0 Å². The molecule has 0 spiro atoms. The van der Waals surface area contributed by atoms with Crippen LogP contribution in [0.5, 0.6) is 0 Å². The number of nitrogens with two attached hydrogens (primary N) is 1. The summed E-state index contributed by atoms with van der Waals surface area (Å²) < 4.78 is 0. The van der Waals surface area contributed by atoms with E-state index in [9.17, 15) is 0 Å². The second-order valence-corrected chi connectivity index (χ2v) is 4.24. The lowest BCUT2D eigenvalue weighted by Gasteiger charge is -2.08. The van der Waals surface area contributed by atoms with Gasteiger partial charge in [-0.25, -0.2) is 0 Å². The molecule has 0 unspecified atom stereocenters. The van der Waals surface area contributed by atoms with Gasteiger partial charge in [0.2, 0.25) is 0 Å². The Morgan fingerprint density at radius 2 is 1.71 bits per heavy atom. The summed E-state index contributed by atoms with van der Waals surface area (Å²) in [5, 5.41) is 8.31. The topological polar surface area (TPSA) is 50.7 Å². The number of hydrogen-bond acceptors (Lipinski definition) is 3. The fraction of sp³-hybridized carbons (Fsp3) is 0.455. The number of nitrogens with zero attached hydrogens (tertiary/aromatic N) is 2. The number of azo groups is 1. The minimum absolute atomic E-state index is 0.119. The van der Waals surface area contributed by atoms with E-state index < -0.39 is 0 Å². The predicted molar refractivity (Wildman–Crippen MR) is 58.6 cm³/mol. The van der Waals surface area contributed by atoms with Crippen molar-refractivity contribution in [2.75, 3.05) is 0 Å². The highest BCUT2D eigenvalue weighted by Gasteiger charge is 2.06. The summed E-state index contributed by atoms with van der Waals surface area (Å²) in [4.78, 5) is 0. The molecule has 0 aliphatic heterocycles. The van der Waals surface area contributed by atoms with E-state index in [-0.39, 0.29) is 5.54 Å². The average Bonchev–Trinajstić information content (AvgIpc) is 2.14. The number of benzene rings is 1. The van der Waals surface area contributed by atoms with Gasteiger partial charge >= 0.3 is 0 Å². The number of hydrogen-bond donors (Lipinski definition) is 1. The van der Waals surface area contributed by atoms with Gasteiger partial charge in [-0.2, -0.15) is 10.2 Å². The van der Waals surface area contributed by atoms with Crippen molar-refractivity contribution in [3.63, 3.8) is 0 Å². The molecule has 0 saturated heterocycles. The Labute approximate surface area is 85.0 Å². The van der Waals surface area contributed by atoms with Crippen LogP contribution in [-0.2, 0) is 6.54 Å². The Morgan fingerprint density at radius 1 is 1.14 bits per heavy atom. The summed E-state index contributed by atoms with van der Waals surface area (Å²) in [7, 11) is 0. The molecule has 3 nitrogen and oxygen atoms in total. The lowest BCUT2D eigenvalue weighted by Crippen LogP contribution is -2.07. The van der Waals surface area contributed by atoms with Crippen LogP contribution in [0, 0.1) is 0 Å². The molecule has 0 bridgehead atoms. The molecule has 0 radical (unpaired) electrons. The minimum atomic E-state index is -0.119. The molecule has 2 N–H and O–H groups in total. The third-order valence-electron chi connectivity index (χ3n) is 1.64. The SMILES string of the molecule is CC(C)(C)N=Nc1ccc(CN)cc1. The van der Waals surface area contributed by atoms with Crippen LogP contribution < -0.4 is 5.73 Å². The summed E-state index contributed by atoms with van der Waals surface area (Å²) in [6, 6.07) is 7.79. The second-order valence-electron chi connectivity index (χ2n) is 4.24. The first kappa shape index (κ1) is 10.9. The predicted octanol–water partition coefficient (Wildman–Crippen LogP) is 3.03. The van der Waals surface area contributed by atoms with E-state index in [1.165, 1.54) is 0 Å². The third-order valence-corrected chi connectivity index (χ3v) is 1.64. The Kier molecular flexibility index (Phi) is 3.36. The van der Waals surface area contributed by atoms with Crippen molar-refractivity contribution in [3.8, 4) is 0 Å². The molecule has 0 heterocycles. The van der Waals surface area contributed by atoms with Crippen LogP contribution in [0.2, 0.25) is 0 Å². The quantitative estimate of drug-likeness (QED) is 0.718. The summed E-state index contributed by atoms with van der Waals surface area (Å²) >= 11 is 0. The molecule has 0 fully saturated rings. The zero-order chi connectivity index (χ0) is 10.6. The maximum Gasteiger partial charge on any atom is 0.0853 e. The first-order chi connectivity index (χ1) is 6.51. The van der Waals surface area contributed by atoms with Gasteiger partial charge in [-0.05, 0) is 38.5 Å². The molecule has 0 atom stereocenters. The van der Waals surface area contributed by atoms with Crippen molar-refractivity contribution in [1.29, 1.82) is 0 Å². The molecule has 1 rings (SSSR count). The molecule has 76 valence electrons. The normalized spacial score (nSPS) is 12.3. The van der Waals surface area contributed by atoms with Crippen molar-refractivity contribution in [2.45, 2.75) is 32.9 Å². The van der Waals surface area contributed by atoms with Gasteiger partial charge in [0, 0.05) is 6.54 Å². The van der Waals surface area contributed by atoms with Gasteiger partial charge in [-0.3, -0.25) is 0 Å². The lowest BCUT2D eigenvalue weighted by atomic mass is 10.1. The number of rotatable bonds is 2. The van der Waals surface area contributed by atoms with Crippen molar-refractivity contribution < 1.29 is 0 Å². The highest BCUT2D eigenvalue weighted by atomic mass is 15.1. The summed E-state index contributed by atoms with van der Waals surface area (Å²) in [6.07, 6.45) is 0. The van der Waals surface area contributed by atoms with Gasteiger partial charge in [0.05, 0.1) is 11.2 Å². The first-order valence-corrected chi connectivity index (χ1v) is 4.73. The van der Waals surface area contributed by atoms with Crippen molar-refractivity contribution >= 4 is 5.69 Å². The van der Waals surface area contributed by atoms with E-state index in [0.717, 1.165) is 11.3 Å². The van der Waals surface area contributed by atoms with Gasteiger partial charge in [-0.15, -0.1) is 0 Å². The maximum atomic E-state index is 5.49. The Hall–Kier alpha value is -1.22. The summed E-state index contributed by atoms with van der Waals surface area (Å²) in [5.74, 6) is 0. The fourth-order valence-corrected chi connectivity index (χ4v) is 0.906. The maximum absolute atomic E-state index is 5.49. The molecule has 0 amide bonds. The van der Waals surface area contributed by atoms with E-state index in [1.54, 1.807) is 0 Å². The van der Waals surface area contributed by atoms with Crippen LogP contribution >= 0.6 is 0 Å². The van der Waals surface area contributed by atoms with Crippen molar-refractivity contribution in [3.05, 3.63) is 29.8 Å². The molecule has 0 aliphatic carbocycles. The smallest absolute Gasteiger partial charge is 0.0853 e. The highest BCUT2D eigenvalue weighted by molar-refractivity contribution is 5.38. The minimum Gasteiger partial charge on any atom is -0.326 e. The molecule has 1 aromatic carbocycles. The Bertz CT molecular complexity index is 306. The highest BCUT2D eigenvalue weighted by Crippen LogP contribution is 2.16. The molecular weight excluding hydrogens is 174 g/mol. The van der Waals surface area contributed by atoms with Crippen LogP contribution in [0.3, 0.4) is 0 Å². The fourth-order valence-electron chi connectivity index (χ4n) is 0.906. The van der Waals surface area contributed by atoms with E-state index >= 15 is 0 Å². The molecular formula is C11H17N3. The van der Waals surface area contributed by atoms with Gasteiger partial charge < -0.3 is 5.73 Å².